The molecule has 0 aromatic heterocycles. The molecule has 2 N–H and O–H groups in total. The summed E-state index contributed by atoms with van der Waals surface area (Å²) in [6, 6.07) is 3.44. The van der Waals surface area contributed by atoms with Gasteiger partial charge in [0.25, 0.3) is 5.69 Å². The van der Waals surface area contributed by atoms with Crippen LogP contribution in [0.2, 0.25) is 0 Å². The minimum Gasteiger partial charge on any atom is -0.480 e. The molecule has 1 unspecified atom stereocenters. The van der Waals surface area contributed by atoms with Crippen molar-refractivity contribution in [2.45, 2.75) is 12.6 Å². The number of piperazine rings is 1. The summed E-state index contributed by atoms with van der Waals surface area (Å²) in [4.78, 5) is 34.3. The Labute approximate surface area is 128 Å². The maximum Gasteiger partial charge on any atom is 0.322 e. The molecule has 8 nitrogen and oxygen atoms in total. The van der Waals surface area contributed by atoms with Crippen LogP contribution in [0.15, 0.2) is 22.7 Å². The first-order valence-electron chi connectivity index (χ1n) is 6.05. The molecule has 1 aromatic rings. The number of carbonyl (C=O) groups is 2. The van der Waals surface area contributed by atoms with E-state index in [9.17, 15) is 19.7 Å². The minimum atomic E-state index is -1.02. The molecule has 1 heterocycles. The van der Waals surface area contributed by atoms with Gasteiger partial charge < -0.3 is 10.4 Å². The number of nitro groups is 1. The Balaban J connectivity index is 2.20. The van der Waals surface area contributed by atoms with Crippen molar-refractivity contribution in [1.29, 1.82) is 0 Å². The number of hydrogen-bond acceptors (Lipinski definition) is 5. The fourth-order valence-electron chi connectivity index (χ4n) is 2.10. The summed E-state index contributed by atoms with van der Waals surface area (Å²) in [6.45, 7) is 0.224. The zero-order valence-electron chi connectivity index (χ0n) is 10.8. The third kappa shape index (κ3) is 3.56. The van der Waals surface area contributed by atoms with Crippen LogP contribution >= 0.6 is 15.9 Å². The van der Waals surface area contributed by atoms with E-state index in [1.54, 1.807) is 6.07 Å². The Bertz CT molecular complexity index is 607. The molecule has 1 atom stereocenters. The molecule has 0 saturated carbocycles. The second-order valence-corrected chi connectivity index (χ2v) is 5.45. The molecule has 1 amide bonds. The van der Waals surface area contributed by atoms with Gasteiger partial charge in [-0.1, -0.05) is 15.9 Å². The molecule has 21 heavy (non-hydrogen) atoms. The molecular formula is C12H12BrN3O5. The van der Waals surface area contributed by atoms with Crippen LogP contribution in [0.3, 0.4) is 0 Å². The van der Waals surface area contributed by atoms with Crippen LogP contribution in [0.4, 0.5) is 5.69 Å². The van der Waals surface area contributed by atoms with Crippen molar-refractivity contribution in [2.75, 3.05) is 13.1 Å². The number of hydrogen-bond donors (Lipinski definition) is 2. The van der Waals surface area contributed by atoms with E-state index in [2.05, 4.69) is 21.2 Å². The Morgan fingerprint density at radius 1 is 1.57 bits per heavy atom. The number of halogens is 1. The number of carboxylic acids is 1. The van der Waals surface area contributed by atoms with Gasteiger partial charge in [-0.05, 0) is 11.6 Å². The normalized spacial score (nSPS) is 19.1. The summed E-state index contributed by atoms with van der Waals surface area (Å²) < 4.78 is 0.506. The minimum absolute atomic E-state index is 0.0274. The third-order valence-electron chi connectivity index (χ3n) is 3.19. The number of nitrogens with one attached hydrogen (secondary N) is 1. The lowest BCUT2D eigenvalue weighted by atomic mass is 10.1. The highest BCUT2D eigenvalue weighted by molar-refractivity contribution is 9.10. The van der Waals surface area contributed by atoms with Gasteiger partial charge in [-0.2, -0.15) is 0 Å². The largest absolute Gasteiger partial charge is 0.480 e. The van der Waals surface area contributed by atoms with Crippen LogP contribution < -0.4 is 5.32 Å². The fraction of sp³-hybridized carbons (Fsp3) is 0.333. The average molecular weight is 358 g/mol. The average Bonchev–Trinajstić information content (AvgIpc) is 2.40. The zero-order chi connectivity index (χ0) is 15.6. The van der Waals surface area contributed by atoms with E-state index in [0.29, 0.717) is 10.0 Å². The monoisotopic (exact) mass is 357 g/mol. The van der Waals surface area contributed by atoms with E-state index in [4.69, 9.17) is 5.11 Å². The highest BCUT2D eigenvalue weighted by Gasteiger charge is 2.32. The van der Waals surface area contributed by atoms with Crippen molar-refractivity contribution < 1.29 is 19.6 Å². The molecule has 9 heteroatoms. The van der Waals surface area contributed by atoms with Gasteiger partial charge in [-0.25, -0.2) is 0 Å². The van der Waals surface area contributed by atoms with Gasteiger partial charge in [-0.3, -0.25) is 24.6 Å². The van der Waals surface area contributed by atoms with Crippen molar-refractivity contribution in [3.8, 4) is 0 Å². The molecule has 0 aliphatic carbocycles. The predicted octanol–water partition coefficient (Wildman–Crippen LogP) is 0.742. The van der Waals surface area contributed by atoms with Gasteiger partial charge in [0.2, 0.25) is 5.91 Å². The molecule has 1 aliphatic rings. The molecule has 1 saturated heterocycles. The van der Waals surface area contributed by atoms with E-state index in [1.807, 2.05) is 0 Å². The second-order valence-electron chi connectivity index (χ2n) is 4.60. The summed E-state index contributed by atoms with van der Waals surface area (Å²) in [5.41, 5.74) is 0.623. The highest BCUT2D eigenvalue weighted by atomic mass is 79.9. The summed E-state index contributed by atoms with van der Waals surface area (Å²) >= 11 is 3.24. The van der Waals surface area contributed by atoms with Crippen LogP contribution in [0.5, 0.6) is 0 Å². The van der Waals surface area contributed by atoms with Gasteiger partial charge in [0.05, 0.1) is 11.5 Å². The third-order valence-corrected chi connectivity index (χ3v) is 3.92. The SMILES string of the molecule is O=C1CN(Cc2ccc([N+](=O)[O-])cc2Br)C(C(=O)O)CN1. The number of nitrogens with zero attached hydrogens (tertiary/aromatic N) is 2. The smallest absolute Gasteiger partial charge is 0.322 e. The number of amides is 1. The number of aliphatic carboxylic acids is 1. The first kappa shape index (κ1) is 15.4. The van der Waals surface area contributed by atoms with Gasteiger partial charge in [-0.15, -0.1) is 0 Å². The number of non-ortho nitro benzene ring substituents is 1. The van der Waals surface area contributed by atoms with Crippen molar-refractivity contribution in [3.05, 3.63) is 38.3 Å². The number of carboxylic acid groups (broad SMARTS) is 1. The van der Waals surface area contributed by atoms with Crippen molar-refractivity contribution in [3.63, 3.8) is 0 Å². The Morgan fingerprint density at radius 2 is 2.29 bits per heavy atom. The van der Waals surface area contributed by atoms with E-state index in [-0.39, 0.29) is 31.2 Å². The lowest BCUT2D eigenvalue weighted by Gasteiger charge is -2.32. The first-order valence-corrected chi connectivity index (χ1v) is 6.84. The van der Waals surface area contributed by atoms with E-state index < -0.39 is 16.9 Å². The van der Waals surface area contributed by atoms with E-state index >= 15 is 0 Å². The fourth-order valence-corrected chi connectivity index (χ4v) is 2.59. The Kier molecular flexibility index (Phi) is 4.53. The lowest BCUT2D eigenvalue weighted by molar-refractivity contribution is -0.384. The molecular weight excluding hydrogens is 346 g/mol. The van der Waals surface area contributed by atoms with Gasteiger partial charge in [0, 0.05) is 29.7 Å². The summed E-state index contributed by atoms with van der Waals surface area (Å²) in [6.07, 6.45) is 0. The molecule has 2 rings (SSSR count). The highest BCUT2D eigenvalue weighted by Crippen LogP contribution is 2.25. The number of nitro benzene ring substituents is 1. The van der Waals surface area contributed by atoms with Crippen molar-refractivity contribution in [2.24, 2.45) is 0 Å². The first-order chi connectivity index (χ1) is 9.88. The topological polar surface area (TPSA) is 113 Å². The molecule has 1 aliphatic heterocycles. The molecule has 0 bridgehead atoms. The second kappa shape index (κ2) is 6.19. The molecule has 1 aromatic carbocycles. The van der Waals surface area contributed by atoms with Crippen molar-refractivity contribution >= 4 is 33.5 Å². The van der Waals surface area contributed by atoms with Crippen LogP contribution in [0, 0.1) is 10.1 Å². The summed E-state index contributed by atoms with van der Waals surface area (Å²) in [5, 5.41) is 22.4. The maximum absolute atomic E-state index is 11.4. The summed E-state index contributed by atoms with van der Waals surface area (Å²) in [7, 11) is 0. The quantitative estimate of drug-likeness (QED) is 0.607. The molecule has 0 spiro atoms. The predicted molar refractivity (Wildman–Crippen MR) is 75.6 cm³/mol. The maximum atomic E-state index is 11.4. The Hall–Kier alpha value is -2.00. The van der Waals surface area contributed by atoms with Crippen LogP contribution in [-0.2, 0) is 16.1 Å². The van der Waals surface area contributed by atoms with Gasteiger partial charge >= 0.3 is 5.97 Å². The number of benzene rings is 1. The van der Waals surface area contributed by atoms with Crippen molar-refractivity contribution in [1.82, 2.24) is 10.2 Å². The van der Waals surface area contributed by atoms with Crippen LogP contribution in [0.25, 0.3) is 0 Å². The van der Waals surface area contributed by atoms with Crippen LogP contribution in [-0.4, -0.2) is 45.9 Å². The van der Waals surface area contributed by atoms with Crippen LogP contribution in [0.1, 0.15) is 5.56 Å². The standard InChI is InChI=1S/C12H12BrN3O5/c13-9-3-8(16(20)21)2-1-7(9)5-15-6-11(17)14-4-10(15)12(18)19/h1-3,10H,4-6H2,(H,14,17)(H,18,19). The molecule has 112 valence electrons. The number of rotatable bonds is 4. The zero-order valence-corrected chi connectivity index (χ0v) is 12.4. The van der Waals surface area contributed by atoms with E-state index in [1.165, 1.54) is 17.0 Å². The van der Waals surface area contributed by atoms with Gasteiger partial charge in [0.1, 0.15) is 6.04 Å². The Morgan fingerprint density at radius 3 is 2.86 bits per heavy atom. The molecule has 0 radical (unpaired) electrons. The lowest BCUT2D eigenvalue weighted by Crippen LogP contribution is -2.56. The van der Waals surface area contributed by atoms with E-state index in [0.717, 1.165) is 0 Å². The summed E-state index contributed by atoms with van der Waals surface area (Å²) in [5.74, 6) is -1.27. The number of carbonyl (C=O) groups excluding carboxylic acids is 1. The molecule has 1 fully saturated rings. The van der Waals surface area contributed by atoms with Gasteiger partial charge in [0.15, 0.2) is 0 Å².